The molecule has 1 heterocycles. The van der Waals surface area contributed by atoms with Crippen LogP contribution in [0.25, 0.3) is 0 Å². The third-order valence-electron chi connectivity index (χ3n) is 4.17. The smallest absolute Gasteiger partial charge is 0.253 e. The molecule has 0 aliphatic carbocycles. The topological polar surface area (TPSA) is 80.6 Å². The van der Waals surface area contributed by atoms with Gasteiger partial charge in [0.1, 0.15) is 11.5 Å². The Morgan fingerprint density at radius 3 is 2.52 bits per heavy atom. The van der Waals surface area contributed by atoms with Crippen molar-refractivity contribution in [2.75, 3.05) is 12.4 Å². The summed E-state index contributed by atoms with van der Waals surface area (Å²) >= 11 is 1.43. The first-order valence-corrected chi connectivity index (χ1v) is 9.96. The fourth-order valence-electron chi connectivity index (χ4n) is 2.61. The number of ether oxygens (including phenoxy) is 1. The highest BCUT2D eigenvalue weighted by molar-refractivity contribution is 8.00. The van der Waals surface area contributed by atoms with E-state index in [1.807, 2.05) is 31.2 Å². The van der Waals surface area contributed by atoms with Gasteiger partial charge in [-0.1, -0.05) is 12.1 Å². The molecule has 2 N–H and O–H groups in total. The summed E-state index contributed by atoms with van der Waals surface area (Å²) in [5.41, 5.74) is 0.866. The average Bonchev–Trinajstić information content (AvgIpc) is 3.26. The van der Waals surface area contributed by atoms with E-state index < -0.39 is 0 Å². The number of benzene rings is 2. The molecule has 6 nitrogen and oxygen atoms in total. The minimum atomic E-state index is -0.345. The van der Waals surface area contributed by atoms with Crippen LogP contribution < -0.4 is 15.4 Å². The number of carbonyl (C=O) groups excluding carboxylic acids is 2. The molecule has 0 saturated heterocycles. The largest absolute Gasteiger partial charge is 0.497 e. The van der Waals surface area contributed by atoms with E-state index in [0.717, 1.165) is 10.6 Å². The highest BCUT2D eigenvalue weighted by Crippen LogP contribution is 2.26. The van der Waals surface area contributed by atoms with Crippen LogP contribution in [0.5, 0.6) is 5.75 Å². The molecule has 0 bridgehead atoms. The zero-order chi connectivity index (χ0) is 20.6. The highest BCUT2D eigenvalue weighted by Gasteiger charge is 2.18. The van der Waals surface area contributed by atoms with Gasteiger partial charge in [-0.05, 0) is 55.5 Å². The second kappa shape index (κ2) is 9.84. The Labute approximate surface area is 173 Å². The summed E-state index contributed by atoms with van der Waals surface area (Å²) in [6.07, 6.45) is 1.55. The van der Waals surface area contributed by atoms with Gasteiger partial charge in [0.2, 0.25) is 5.91 Å². The summed E-state index contributed by atoms with van der Waals surface area (Å²) in [4.78, 5) is 26.2. The van der Waals surface area contributed by atoms with E-state index in [1.165, 1.54) is 11.8 Å². The van der Waals surface area contributed by atoms with Gasteiger partial charge in [0.05, 0.1) is 36.4 Å². The van der Waals surface area contributed by atoms with Crippen LogP contribution in [0.4, 0.5) is 5.69 Å². The van der Waals surface area contributed by atoms with Gasteiger partial charge in [0.15, 0.2) is 0 Å². The van der Waals surface area contributed by atoms with Crippen LogP contribution in [0.3, 0.4) is 0 Å². The van der Waals surface area contributed by atoms with Crippen LogP contribution in [0, 0.1) is 0 Å². The normalized spacial score (nSPS) is 11.5. The number of carbonyl (C=O) groups is 2. The molecule has 0 fully saturated rings. The lowest BCUT2D eigenvalue weighted by Gasteiger charge is -2.15. The molecule has 1 atom stereocenters. The Morgan fingerprint density at radius 1 is 1.07 bits per heavy atom. The molecule has 0 spiro atoms. The number of para-hydroxylation sites is 1. The van der Waals surface area contributed by atoms with Crippen LogP contribution in [0.2, 0.25) is 0 Å². The van der Waals surface area contributed by atoms with Gasteiger partial charge in [-0.3, -0.25) is 9.59 Å². The first kappa shape index (κ1) is 20.5. The number of nitrogens with one attached hydrogen (secondary N) is 2. The lowest BCUT2D eigenvalue weighted by atomic mass is 10.1. The maximum atomic E-state index is 12.7. The van der Waals surface area contributed by atoms with Gasteiger partial charge in [-0.15, -0.1) is 11.8 Å². The predicted octanol–water partition coefficient (Wildman–Crippen LogP) is 4.34. The van der Waals surface area contributed by atoms with Crippen LogP contribution in [0.15, 0.2) is 76.2 Å². The number of hydrogen-bond donors (Lipinski definition) is 2. The van der Waals surface area contributed by atoms with Crippen LogP contribution in [-0.2, 0) is 11.3 Å². The summed E-state index contributed by atoms with van der Waals surface area (Å²) in [5, 5.41) is 5.31. The van der Waals surface area contributed by atoms with Gasteiger partial charge in [-0.2, -0.15) is 0 Å². The molecule has 2 aromatic carbocycles. The SMILES string of the molecule is COc1ccc(S[C@@H](C)C(=O)Nc2ccccc2C(=O)NCc2ccco2)cc1. The Balaban J connectivity index is 1.62. The lowest BCUT2D eigenvalue weighted by Crippen LogP contribution is -2.27. The number of furan rings is 1. The number of thioether (sulfide) groups is 1. The van der Waals surface area contributed by atoms with E-state index in [0.29, 0.717) is 17.0 Å². The van der Waals surface area contributed by atoms with Crippen molar-refractivity contribution in [1.82, 2.24) is 5.32 Å². The van der Waals surface area contributed by atoms with E-state index in [-0.39, 0.29) is 23.6 Å². The first-order chi connectivity index (χ1) is 14.1. The molecular formula is C22H22N2O4S. The maximum absolute atomic E-state index is 12.7. The van der Waals surface area contributed by atoms with Crippen molar-refractivity contribution in [3.8, 4) is 5.75 Å². The highest BCUT2D eigenvalue weighted by atomic mass is 32.2. The molecular weight excluding hydrogens is 388 g/mol. The van der Waals surface area contributed by atoms with Gasteiger partial charge >= 0.3 is 0 Å². The van der Waals surface area contributed by atoms with E-state index in [2.05, 4.69) is 10.6 Å². The van der Waals surface area contributed by atoms with Gasteiger partial charge in [0, 0.05) is 4.90 Å². The van der Waals surface area contributed by atoms with Crippen LogP contribution >= 0.6 is 11.8 Å². The fourth-order valence-corrected chi connectivity index (χ4v) is 3.48. The monoisotopic (exact) mass is 410 g/mol. The molecule has 0 radical (unpaired) electrons. The van der Waals surface area contributed by atoms with Crippen molar-refractivity contribution < 1.29 is 18.7 Å². The lowest BCUT2D eigenvalue weighted by molar-refractivity contribution is -0.115. The van der Waals surface area contributed by atoms with E-state index in [4.69, 9.17) is 9.15 Å². The zero-order valence-corrected chi connectivity index (χ0v) is 17.0. The standard InChI is InChI=1S/C22H22N2O4S/c1-15(29-18-11-9-16(27-2)10-12-18)21(25)24-20-8-4-3-7-19(20)22(26)23-14-17-6-5-13-28-17/h3-13,15H,14H2,1-2H3,(H,23,26)(H,24,25)/t15-/m0/s1. The molecule has 150 valence electrons. The van der Waals surface area contributed by atoms with Crippen molar-refractivity contribution in [3.63, 3.8) is 0 Å². The number of hydrogen-bond acceptors (Lipinski definition) is 5. The van der Waals surface area contributed by atoms with Gasteiger partial charge < -0.3 is 19.8 Å². The van der Waals surface area contributed by atoms with Crippen LogP contribution in [0.1, 0.15) is 23.0 Å². The third-order valence-corrected chi connectivity index (χ3v) is 5.29. The predicted molar refractivity (Wildman–Crippen MR) is 113 cm³/mol. The molecule has 0 saturated carbocycles. The summed E-state index contributed by atoms with van der Waals surface area (Å²) in [6, 6.07) is 18.0. The van der Waals surface area contributed by atoms with Crippen molar-refractivity contribution in [3.05, 3.63) is 78.3 Å². The maximum Gasteiger partial charge on any atom is 0.253 e. The molecule has 2 amide bonds. The Hall–Kier alpha value is -3.19. The third kappa shape index (κ3) is 5.65. The summed E-state index contributed by atoms with van der Waals surface area (Å²) in [7, 11) is 1.61. The van der Waals surface area contributed by atoms with Gasteiger partial charge in [0.25, 0.3) is 5.91 Å². The average molecular weight is 410 g/mol. The molecule has 29 heavy (non-hydrogen) atoms. The van der Waals surface area contributed by atoms with Crippen molar-refractivity contribution in [2.24, 2.45) is 0 Å². The molecule has 3 aromatic rings. The second-order valence-corrected chi connectivity index (χ2v) is 7.65. The number of amides is 2. The summed E-state index contributed by atoms with van der Waals surface area (Å²) < 4.78 is 10.4. The molecule has 0 aliphatic heterocycles. The van der Waals surface area contributed by atoms with E-state index >= 15 is 0 Å². The molecule has 7 heteroatoms. The Bertz CT molecular complexity index is 955. The Kier molecular flexibility index (Phi) is 6.97. The van der Waals surface area contributed by atoms with Crippen molar-refractivity contribution in [1.29, 1.82) is 0 Å². The van der Waals surface area contributed by atoms with Crippen molar-refractivity contribution in [2.45, 2.75) is 23.6 Å². The summed E-state index contributed by atoms with van der Waals surface area (Å²) in [6.45, 7) is 2.10. The van der Waals surface area contributed by atoms with Crippen molar-refractivity contribution >= 4 is 29.3 Å². The molecule has 0 aliphatic rings. The van der Waals surface area contributed by atoms with Gasteiger partial charge in [-0.25, -0.2) is 0 Å². The second-order valence-electron chi connectivity index (χ2n) is 6.23. The zero-order valence-electron chi connectivity index (χ0n) is 16.2. The molecule has 0 unspecified atom stereocenters. The first-order valence-electron chi connectivity index (χ1n) is 9.08. The Morgan fingerprint density at radius 2 is 1.83 bits per heavy atom. The minimum Gasteiger partial charge on any atom is -0.497 e. The van der Waals surface area contributed by atoms with Crippen LogP contribution in [-0.4, -0.2) is 24.2 Å². The summed E-state index contributed by atoms with van der Waals surface area (Å²) in [5.74, 6) is 0.954. The molecule has 3 rings (SSSR count). The number of anilines is 1. The van der Waals surface area contributed by atoms with E-state index in [9.17, 15) is 9.59 Å². The number of rotatable bonds is 8. The van der Waals surface area contributed by atoms with E-state index in [1.54, 1.807) is 49.8 Å². The fraction of sp³-hybridized carbons (Fsp3) is 0.182. The molecule has 1 aromatic heterocycles. The number of methoxy groups -OCH3 is 1. The quantitative estimate of drug-likeness (QED) is 0.540. The minimum absolute atomic E-state index is 0.183.